The summed E-state index contributed by atoms with van der Waals surface area (Å²) in [4.78, 5) is 0. The molecule has 5 nitrogen and oxygen atoms in total. The number of hydrogen-bond acceptors (Lipinski definition) is 5. The molecule has 21 heavy (non-hydrogen) atoms. The molecule has 0 spiro atoms. The Labute approximate surface area is 132 Å². The molecule has 0 unspecified atom stereocenters. The van der Waals surface area contributed by atoms with E-state index in [1.165, 1.54) is 0 Å². The highest BCUT2D eigenvalue weighted by atomic mass is 79.9. The van der Waals surface area contributed by atoms with Crippen molar-refractivity contribution in [2.45, 2.75) is 13.3 Å². The van der Waals surface area contributed by atoms with E-state index in [1.54, 1.807) is 14.2 Å². The minimum absolute atomic E-state index is 0.679. The molecule has 0 aliphatic carbocycles. The summed E-state index contributed by atoms with van der Waals surface area (Å²) in [6.45, 7) is 2.99. The van der Waals surface area contributed by atoms with E-state index in [4.69, 9.17) is 9.47 Å². The third-order valence-electron chi connectivity index (χ3n) is 2.98. The summed E-state index contributed by atoms with van der Waals surface area (Å²) < 4.78 is 11.5. The van der Waals surface area contributed by atoms with Gasteiger partial charge in [0.05, 0.1) is 19.9 Å². The molecule has 0 radical (unpaired) electrons. The molecule has 0 fully saturated rings. The highest BCUT2D eigenvalue weighted by Crippen LogP contribution is 2.41. The molecule has 0 amide bonds. The number of aromatic nitrogens is 2. The van der Waals surface area contributed by atoms with Gasteiger partial charge in [-0.2, -0.15) is 0 Å². The van der Waals surface area contributed by atoms with E-state index in [0.29, 0.717) is 11.5 Å². The van der Waals surface area contributed by atoms with Crippen LogP contribution in [0, 0.1) is 0 Å². The van der Waals surface area contributed by atoms with Crippen LogP contribution < -0.4 is 14.8 Å². The van der Waals surface area contributed by atoms with Crippen molar-refractivity contribution in [1.82, 2.24) is 10.2 Å². The lowest BCUT2D eigenvalue weighted by Gasteiger charge is -2.13. The molecular formula is C15H18BrN3O2. The summed E-state index contributed by atoms with van der Waals surface area (Å²) >= 11 is 3.49. The number of hydrogen-bond donors (Lipinski definition) is 1. The van der Waals surface area contributed by atoms with Crippen LogP contribution in [0.25, 0.3) is 11.3 Å². The molecule has 0 aliphatic heterocycles. The van der Waals surface area contributed by atoms with Gasteiger partial charge in [-0.15, -0.1) is 10.2 Å². The first-order chi connectivity index (χ1) is 10.2. The first-order valence-electron chi connectivity index (χ1n) is 6.69. The number of nitrogens with one attached hydrogen (secondary N) is 1. The van der Waals surface area contributed by atoms with E-state index in [9.17, 15) is 0 Å². The average molecular weight is 352 g/mol. The standard InChI is InChI=1S/C15H18BrN3O2/c1-4-9-17-13-8-6-11(18-19-13)10-5-7-12(20-2)14(16)15(10)21-3/h5-8H,4,9H2,1-3H3,(H,17,19). The molecule has 1 aromatic carbocycles. The van der Waals surface area contributed by atoms with Crippen LogP contribution in [0.2, 0.25) is 0 Å². The van der Waals surface area contributed by atoms with Gasteiger partial charge in [0.2, 0.25) is 0 Å². The van der Waals surface area contributed by atoms with E-state index in [0.717, 1.165) is 34.5 Å². The van der Waals surface area contributed by atoms with E-state index in [1.807, 2.05) is 24.3 Å². The number of methoxy groups -OCH3 is 2. The predicted octanol–water partition coefficient (Wildman–Crippen LogP) is 3.75. The molecule has 0 aliphatic rings. The lowest BCUT2D eigenvalue weighted by atomic mass is 10.1. The predicted molar refractivity (Wildman–Crippen MR) is 87.1 cm³/mol. The Hall–Kier alpha value is -1.82. The molecule has 0 saturated carbocycles. The van der Waals surface area contributed by atoms with Crippen LogP contribution in [0.4, 0.5) is 5.82 Å². The fourth-order valence-electron chi connectivity index (χ4n) is 1.92. The molecule has 6 heteroatoms. The van der Waals surface area contributed by atoms with Crippen molar-refractivity contribution in [3.8, 4) is 22.8 Å². The summed E-state index contributed by atoms with van der Waals surface area (Å²) in [5, 5.41) is 11.6. The molecular weight excluding hydrogens is 334 g/mol. The Morgan fingerprint density at radius 3 is 2.48 bits per heavy atom. The Kier molecular flexibility index (Phi) is 5.38. The second-order valence-corrected chi connectivity index (χ2v) is 5.19. The van der Waals surface area contributed by atoms with E-state index in [-0.39, 0.29) is 0 Å². The highest BCUT2D eigenvalue weighted by Gasteiger charge is 2.15. The molecule has 0 saturated heterocycles. The van der Waals surface area contributed by atoms with Gasteiger partial charge in [-0.3, -0.25) is 0 Å². The number of nitrogens with zero attached hydrogens (tertiary/aromatic N) is 2. The first-order valence-corrected chi connectivity index (χ1v) is 7.49. The summed E-state index contributed by atoms with van der Waals surface area (Å²) in [6, 6.07) is 7.61. The number of rotatable bonds is 6. The zero-order valence-corrected chi connectivity index (χ0v) is 13.9. The minimum atomic E-state index is 0.679. The zero-order chi connectivity index (χ0) is 15.2. The third kappa shape index (κ3) is 3.44. The molecule has 112 valence electrons. The summed E-state index contributed by atoms with van der Waals surface area (Å²) in [6.07, 6.45) is 1.04. The molecule has 2 aromatic rings. The molecule has 1 N–H and O–H groups in total. The molecule has 1 heterocycles. The Morgan fingerprint density at radius 1 is 1.10 bits per heavy atom. The highest BCUT2D eigenvalue weighted by molar-refractivity contribution is 9.10. The van der Waals surface area contributed by atoms with Crippen LogP contribution in [0.15, 0.2) is 28.7 Å². The van der Waals surface area contributed by atoms with Crippen molar-refractivity contribution in [1.29, 1.82) is 0 Å². The van der Waals surface area contributed by atoms with E-state index >= 15 is 0 Å². The van der Waals surface area contributed by atoms with Crippen LogP contribution in [0.5, 0.6) is 11.5 Å². The minimum Gasteiger partial charge on any atom is -0.495 e. The lowest BCUT2D eigenvalue weighted by molar-refractivity contribution is 0.390. The van der Waals surface area contributed by atoms with Crippen molar-refractivity contribution in [3.63, 3.8) is 0 Å². The van der Waals surface area contributed by atoms with Crippen molar-refractivity contribution in [2.24, 2.45) is 0 Å². The van der Waals surface area contributed by atoms with Crippen molar-refractivity contribution in [3.05, 3.63) is 28.7 Å². The second-order valence-electron chi connectivity index (χ2n) is 4.39. The summed E-state index contributed by atoms with van der Waals surface area (Å²) in [5.41, 5.74) is 1.61. The largest absolute Gasteiger partial charge is 0.495 e. The number of benzene rings is 1. The second kappa shape index (κ2) is 7.26. The average Bonchev–Trinajstić information content (AvgIpc) is 2.53. The maximum absolute atomic E-state index is 5.46. The fraction of sp³-hybridized carbons (Fsp3) is 0.333. The maximum Gasteiger partial charge on any atom is 0.148 e. The van der Waals surface area contributed by atoms with Gasteiger partial charge in [0.1, 0.15) is 21.8 Å². The Bertz CT molecular complexity index is 603. The van der Waals surface area contributed by atoms with Crippen LogP contribution >= 0.6 is 15.9 Å². The van der Waals surface area contributed by atoms with Gasteiger partial charge in [0, 0.05) is 12.1 Å². The van der Waals surface area contributed by atoms with Gasteiger partial charge >= 0.3 is 0 Å². The first kappa shape index (κ1) is 15.6. The molecule has 2 rings (SSSR count). The fourth-order valence-corrected chi connectivity index (χ4v) is 2.59. The number of ether oxygens (including phenoxy) is 2. The zero-order valence-electron chi connectivity index (χ0n) is 12.3. The third-order valence-corrected chi connectivity index (χ3v) is 3.73. The van der Waals surface area contributed by atoms with E-state index < -0.39 is 0 Å². The van der Waals surface area contributed by atoms with Crippen LogP contribution in [-0.4, -0.2) is 31.0 Å². The maximum atomic E-state index is 5.46. The van der Waals surface area contributed by atoms with Gasteiger partial charge in [0.15, 0.2) is 0 Å². The lowest BCUT2D eigenvalue weighted by Crippen LogP contribution is -2.03. The normalized spacial score (nSPS) is 10.3. The SMILES string of the molecule is CCCNc1ccc(-c2ccc(OC)c(Br)c2OC)nn1. The summed E-state index contributed by atoms with van der Waals surface area (Å²) in [7, 11) is 3.24. The number of anilines is 1. The van der Waals surface area contributed by atoms with Gasteiger partial charge < -0.3 is 14.8 Å². The van der Waals surface area contributed by atoms with Gasteiger partial charge in [0.25, 0.3) is 0 Å². The Balaban J connectivity index is 2.35. The number of halogens is 1. The van der Waals surface area contributed by atoms with Gasteiger partial charge in [-0.25, -0.2) is 0 Å². The van der Waals surface area contributed by atoms with Crippen molar-refractivity contribution < 1.29 is 9.47 Å². The van der Waals surface area contributed by atoms with Crippen LogP contribution in [0.3, 0.4) is 0 Å². The monoisotopic (exact) mass is 351 g/mol. The van der Waals surface area contributed by atoms with Crippen LogP contribution in [-0.2, 0) is 0 Å². The quantitative estimate of drug-likeness (QED) is 0.858. The molecule has 0 atom stereocenters. The smallest absolute Gasteiger partial charge is 0.148 e. The van der Waals surface area contributed by atoms with Gasteiger partial charge in [-0.05, 0) is 46.6 Å². The van der Waals surface area contributed by atoms with Crippen molar-refractivity contribution in [2.75, 3.05) is 26.1 Å². The molecule has 1 aromatic heterocycles. The van der Waals surface area contributed by atoms with Gasteiger partial charge in [-0.1, -0.05) is 6.92 Å². The molecule has 0 bridgehead atoms. The summed E-state index contributed by atoms with van der Waals surface area (Å²) in [5.74, 6) is 2.16. The van der Waals surface area contributed by atoms with E-state index in [2.05, 4.69) is 38.4 Å². The van der Waals surface area contributed by atoms with Crippen molar-refractivity contribution >= 4 is 21.7 Å². The topological polar surface area (TPSA) is 56.3 Å². The van der Waals surface area contributed by atoms with Crippen LogP contribution in [0.1, 0.15) is 13.3 Å². The Morgan fingerprint density at radius 2 is 1.90 bits per heavy atom.